The van der Waals surface area contributed by atoms with Crippen LogP contribution in [0.25, 0.3) is 0 Å². The molecule has 0 aliphatic heterocycles. The topological polar surface area (TPSA) is 81.4 Å². The number of hydrogen-bond donors (Lipinski definition) is 2. The highest BCUT2D eigenvalue weighted by atomic mass is 19.1. The standard InChI is InChI=1S/C17H17FN2O3/c1-11(23-14-9-5-8-13(18)10-14)17(22)20-15(16(19)21)12-6-3-2-4-7-12/h2-11,15H,1H3,(H2,19,21)(H,20,22)/t11-,15+/m1/s1. The predicted molar refractivity (Wildman–Crippen MR) is 83.0 cm³/mol. The van der Waals surface area contributed by atoms with E-state index in [9.17, 15) is 14.0 Å². The molecular formula is C17H17FN2O3. The SMILES string of the molecule is C[C@@H](Oc1cccc(F)c1)C(=O)N[C@H](C(N)=O)c1ccccc1. The summed E-state index contributed by atoms with van der Waals surface area (Å²) in [4.78, 5) is 23.8. The third kappa shape index (κ3) is 4.54. The van der Waals surface area contributed by atoms with Crippen LogP contribution in [0.1, 0.15) is 18.5 Å². The number of benzene rings is 2. The molecule has 2 aromatic rings. The zero-order chi connectivity index (χ0) is 16.8. The second kappa shape index (κ2) is 7.40. The summed E-state index contributed by atoms with van der Waals surface area (Å²) in [5.74, 6) is -1.44. The van der Waals surface area contributed by atoms with E-state index in [2.05, 4.69) is 5.32 Å². The molecule has 0 saturated heterocycles. The number of halogens is 1. The molecule has 0 fully saturated rings. The Morgan fingerprint density at radius 3 is 2.43 bits per heavy atom. The van der Waals surface area contributed by atoms with Crippen molar-refractivity contribution < 1.29 is 18.7 Å². The minimum atomic E-state index is -0.956. The first-order valence-electron chi connectivity index (χ1n) is 7.04. The predicted octanol–water partition coefficient (Wildman–Crippen LogP) is 1.94. The number of nitrogens with one attached hydrogen (secondary N) is 1. The molecule has 0 radical (unpaired) electrons. The maximum Gasteiger partial charge on any atom is 0.261 e. The molecule has 0 unspecified atom stereocenters. The van der Waals surface area contributed by atoms with Crippen molar-refractivity contribution in [2.75, 3.05) is 0 Å². The van der Waals surface area contributed by atoms with Crippen LogP contribution in [-0.4, -0.2) is 17.9 Å². The van der Waals surface area contributed by atoms with E-state index in [4.69, 9.17) is 10.5 Å². The van der Waals surface area contributed by atoms with Crippen molar-refractivity contribution in [2.24, 2.45) is 5.73 Å². The van der Waals surface area contributed by atoms with Crippen LogP contribution in [0.5, 0.6) is 5.75 Å². The minimum Gasteiger partial charge on any atom is -0.481 e. The van der Waals surface area contributed by atoms with E-state index < -0.39 is 29.8 Å². The van der Waals surface area contributed by atoms with E-state index in [0.29, 0.717) is 5.56 Å². The van der Waals surface area contributed by atoms with Crippen LogP contribution in [-0.2, 0) is 9.59 Å². The summed E-state index contributed by atoms with van der Waals surface area (Å²) < 4.78 is 18.5. The van der Waals surface area contributed by atoms with E-state index in [0.717, 1.165) is 0 Å². The Morgan fingerprint density at radius 1 is 1.13 bits per heavy atom. The van der Waals surface area contributed by atoms with E-state index in [1.54, 1.807) is 30.3 Å². The monoisotopic (exact) mass is 316 g/mol. The molecule has 2 rings (SSSR count). The van der Waals surface area contributed by atoms with E-state index in [1.165, 1.54) is 31.2 Å². The Morgan fingerprint density at radius 2 is 1.83 bits per heavy atom. The molecule has 0 bridgehead atoms. The molecule has 2 atom stereocenters. The lowest BCUT2D eigenvalue weighted by Gasteiger charge is -2.19. The number of primary amides is 1. The van der Waals surface area contributed by atoms with Gasteiger partial charge in [0.2, 0.25) is 5.91 Å². The summed E-state index contributed by atoms with van der Waals surface area (Å²) in [5, 5.41) is 2.54. The number of carbonyl (C=O) groups excluding carboxylic acids is 2. The number of hydrogen-bond acceptors (Lipinski definition) is 3. The van der Waals surface area contributed by atoms with Crippen LogP contribution in [0.2, 0.25) is 0 Å². The number of ether oxygens (including phenoxy) is 1. The summed E-state index contributed by atoms with van der Waals surface area (Å²) >= 11 is 0. The van der Waals surface area contributed by atoms with Gasteiger partial charge >= 0.3 is 0 Å². The van der Waals surface area contributed by atoms with Gasteiger partial charge in [-0.3, -0.25) is 9.59 Å². The van der Waals surface area contributed by atoms with Crippen LogP contribution < -0.4 is 15.8 Å². The molecule has 0 saturated carbocycles. The van der Waals surface area contributed by atoms with Gasteiger partial charge in [0.25, 0.3) is 5.91 Å². The van der Waals surface area contributed by atoms with Crippen molar-refractivity contribution >= 4 is 11.8 Å². The quantitative estimate of drug-likeness (QED) is 0.854. The van der Waals surface area contributed by atoms with Gasteiger partial charge in [0.1, 0.15) is 17.6 Å². The fourth-order valence-corrected chi connectivity index (χ4v) is 2.02. The number of nitrogens with two attached hydrogens (primary N) is 1. The fraction of sp³-hybridized carbons (Fsp3) is 0.176. The molecule has 0 heterocycles. The Hall–Kier alpha value is -2.89. The molecule has 2 aromatic carbocycles. The summed E-state index contributed by atoms with van der Waals surface area (Å²) in [6.45, 7) is 1.50. The van der Waals surface area contributed by atoms with Gasteiger partial charge in [-0.25, -0.2) is 4.39 Å². The second-order valence-electron chi connectivity index (χ2n) is 4.97. The Balaban J connectivity index is 2.05. The van der Waals surface area contributed by atoms with Crippen molar-refractivity contribution in [1.82, 2.24) is 5.32 Å². The first-order chi connectivity index (χ1) is 11.0. The average molecular weight is 316 g/mol. The lowest BCUT2D eigenvalue weighted by Crippen LogP contribution is -2.43. The summed E-state index contributed by atoms with van der Waals surface area (Å²) in [6.07, 6.45) is -0.914. The number of carbonyl (C=O) groups is 2. The zero-order valence-corrected chi connectivity index (χ0v) is 12.5. The Kier molecular flexibility index (Phi) is 5.30. The summed E-state index contributed by atoms with van der Waals surface area (Å²) in [7, 11) is 0. The molecule has 0 aromatic heterocycles. The van der Waals surface area contributed by atoms with Crippen molar-refractivity contribution in [3.05, 3.63) is 66.0 Å². The largest absolute Gasteiger partial charge is 0.481 e. The lowest BCUT2D eigenvalue weighted by molar-refractivity contribution is -0.131. The fourth-order valence-electron chi connectivity index (χ4n) is 2.02. The second-order valence-corrected chi connectivity index (χ2v) is 4.97. The molecule has 0 spiro atoms. The highest BCUT2D eigenvalue weighted by Gasteiger charge is 2.24. The first kappa shape index (κ1) is 16.5. The lowest BCUT2D eigenvalue weighted by atomic mass is 10.1. The molecule has 5 nitrogen and oxygen atoms in total. The molecule has 0 aliphatic rings. The normalized spacial score (nSPS) is 13.0. The molecule has 120 valence electrons. The van der Waals surface area contributed by atoms with Crippen molar-refractivity contribution in [3.8, 4) is 5.75 Å². The van der Waals surface area contributed by atoms with Gasteiger partial charge in [0.05, 0.1) is 0 Å². The maximum absolute atomic E-state index is 13.1. The Bertz CT molecular complexity index is 691. The molecule has 3 N–H and O–H groups in total. The van der Waals surface area contributed by atoms with Gasteiger partial charge in [0.15, 0.2) is 6.10 Å². The Labute approximate surface area is 133 Å². The molecule has 0 aliphatic carbocycles. The molecular weight excluding hydrogens is 299 g/mol. The highest BCUT2D eigenvalue weighted by Crippen LogP contribution is 2.15. The number of amides is 2. The zero-order valence-electron chi connectivity index (χ0n) is 12.5. The molecule has 6 heteroatoms. The minimum absolute atomic E-state index is 0.225. The van der Waals surface area contributed by atoms with Gasteiger partial charge in [-0.15, -0.1) is 0 Å². The number of rotatable bonds is 6. The van der Waals surface area contributed by atoms with Crippen molar-refractivity contribution in [1.29, 1.82) is 0 Å². The molecule has 23 heavy (non-hydrogen) atoms. The van der Waals surface area contributed by atoms with Crippen LogP contribution >= 0.6 is 0 Å². The molecule has 2 amide bonds. The maximum atomic E-state index is 13.1. The van der Waals surface area contributed by atoms with E-state index in [-0.39, 0.29) is 5.75 Å². The van der Waals surface area contributed by atoms with Crippen LogP contribution in [0.15, 0.2) is 54.6 Å². The summed E-state index contributed by atoms with van der Waals surface area (Å²) in [5.41, 5.74) is 5.92. The van der Waals surface area contributed by atoms with Gasteiger partial charge in [-0.05, 0) is 24.6 Å². The van der Waals surface area contributed by atoms with Crippen LogP contribution in [0.3, 0.4) is 0 Å². The van der Waals surface area contributed by atoms with Crippen LogP contribution in [0, 0.1) is 5.82 Å². The van der Waals surface area contributed by atoms with Gasteiger partial charge in [0, 0.05) is 6.07 Å². The third-order valence-electron chi connectivity index (χ3n) is 3.18. The van der Waals surface area contributed by atoms with Gasteiger partial charge in [-0.1, -0.05) is 36.4 Å². The third-order valence-corrected chi connectivity index (χ3v) is 3.18. The van der Waals surface area contributed by atoms with E-state index in [1.807, 2.05) is 0 Å². The van der Waals surface area contributed by atoms with Gasteiger partial charge < -0.3 is 15.8 Å². The average Bonchev–Trinajstić information content (AvgIpc) is 2.52. The summed E-state index contributed by atoms with van der Waals surface area (Å²) in [6, 6.07) is 13.2. The van der Waals surface area contributed by atoms with Crippen molar-refractivity contribution in [2.45, 2.75) is 19.1 Å². The highest BCUT2D eigenvalue weighted by molar-refractivity contribution is 5.89. The smallest absolute Gasteiger partial charge is 0.261 e. The van der Waals surface area contributed by atoms with Gasteiger partial charge in [-0.2, -0.15) is 0 Å². The first-order valence-corrected chi connectivity index (χ1v) is 7.04. The van der Waals surface area contributed by atoms with Crippen molar-refractivity contribution in [3.63, 3.8) is 0 Å². The van der Waals surface area contributed by atoms with Crippen LogP contribution in [0.4, 0.5) is 4.39 Å². The van der Waals surface area contributed by atoms with E-state index >= 15 is 0 Å².